The van der Waals surface area contributed by atoms with Crippen molar-refractivity contribution in [1.29, 1.82) is 0 Å². The van der Waals surface area contributed by atoms with Crippen LogP contribution in [0.4, 0.5) is 5.82 Å². The van der Waals surface area contributed by atoms with Crippen LogP contribution in [0.5, 0.6) is 0 Å². The summed E-state index contributed by atoms with van der Waals surface area (Å²) in [5.74, 6) is -0.492. The lowest BCUT2D eigenvalue weighted by molar-refractivity contribution is -0.131. The SMILES string of the molecule is CC(C)c1csc(CCc2ccn3c(=O)c(C=CC(=O)O)c(N4CC[C@H](O)[C@H](O)C4)nc3c2)n1. The Morgan fingerprint density at radius 2 is 2.06 bits per heavy atom. The molecule has 10 heteroatoms. The highest BCUT2D eigenvalue weighted by molar-refractivity contribution is 7.09. The molecule has 0 radical (unpaired) electrons. The van der Waals surface area contributed by atoms with Crippen LogP contribution in [-0.2, 0) is 17.6 Å². The minimum absolute atomic E-state index is 0.0968. The van der Waals surface area contributed by atoms with Gasteiger partial charge in [-0.2, -0.15) is 0 Å². The Balaban J connectivity index is 1.68. The number of aliphatic hydroxyl groups excluding tert-OH is 2. The van der Waals surface area contributed by atoms with Crippen molar-refractivity contribution in [2.45, 2.75) is 51.2 Å². The first-order chi connectivity index (χ1) is 16.2. The number of β-amino-alcohol motifs (C(OH)–C–C–N with tert-alkyl or cyclic N) is 1. The summed E-state index contributed by atoms with van der Waals surface area (Å²) < 4.78 is 1.39. The van der Waals surface area contributed by atoms with E-state index in [1.165, 1.54) is 10.5 Å². The predicted octanol–water partition coefficient (Wildman–Crippen LogP) is 2.09. The topological polar surface area (TPSA) is 128 Å². The smallest absolute Gasteiger partial charge is 0.328 e. The van der Waals surface area contributed by atoms with Gasteiger partial charge in [0.1, 0.15) is 11.5 Å². The van der Waals surface area contributed by atoms with Gasteiger partial charge in [0, 0.05) is 37.2 Å². The number of carboxylic acids is 1. The monoisotopic (exact) mass is 484 g/mol. The van der Waals surface area contributed by atoms with Crippen LogP contribution >= 0.6 is 11.3 Å². The zero-order valence-corrected chi connectivity index (χ0v) is 19.9. The number of aliphatic hydroxyl groups is 2. The maximum absolute atomic E-state index is 13.2. The molecule has 1 fully saturated rings. The quantitative estimate of drug-likeness (QED) is 0.435. The minimum atomic E-state index is -1.18. The first-order valence-electron chi connectivity index (χ1n) is 11.2. The Hall–Kier alpha value is -3.08. The van der Waals surface area contributed by atoms with Crippen LogP contribution in [0.1, 0.15) is 48.0 Å². The lowest BCUT2D eigenvalue weighted by Crippen LogP contribution is -2.47. The van der Waals surface area contributed by atoms with Crippen molar-refractivity contribution < 1.29 is 20.1 Å². The van der Waals surface area contributed by atoms with Crippen LogP contribution in [-0.4, -0.2) is 61.0 Å². The van der Waals surface area contributed by atoms with E-state index in [1.807, 2.05) is 12.1 Å². The summed E-state index contributed by atoms with van der Waals surface area (Å²) in [6.07, 6.45) is 3.79. The van der Waals surface area contributed by atoms with E-state index in [9.17, 15) is 19.8 Å². The van der Waals surface area contributed by atoms with E-state index in [4.69, 9.17) is 5.11 Å². The second-order valence-electron chi connectivity index (χ2n) is 8.78. The molecule has 3 aromatic rings. The van der Waals surface area contributed by atoms with Crippen molar-refractivity contribution >= 4 is 34.8 Å². The molecule has 180 valence electrons. The number of aliphatic carboxylic acids is 1. The first kappa shape index (κ1) is 24.1. The second kappa shape index (κ2) is 10.0. The summed E-state index contributed by atoms with van der Waals surface area (Å²) in [5.41, 5.74) is 2.26. The number of fused-ring (bicyclic) bond motifs is 1. The third-order valence-electron chi connectivity index (χ3n) is 5.94. The van der Waals surface area contributed by atoms with E-state index in [0.717, 1.165) is 35.2 Å². The van der Waals surface area contributed by atoms with Gasteiger partial charge in [-0.15, -0.1) is 11.3 Å². The van der Waals surface area contributed by atoms with E-state index in [0.29, 0.717) is 30.3 Å². The molecule has 0 amide bonds. The average Bonchev–Trinajstić information content (AvgIpc) is 3.28. The van der Waals surface area contributed by atoms with Crippen molar-refractivity contribution in [1.82, 2.24) is 14.4 Å². The molecule has 0 aromatic carbocycles. The third kappa shape index (κ3) is 5.19. The number of hydrogen-bond acceptors (Lipinski definition) is 8. The van der Waals surface area contributed by atoms with E-state index in [-0.39, 0.29) is 12.1 Å². The van der Waals surface area contributed by atoms with Crippen molar-refractivity contribution in [2.24, 2.45) is 0 Å². The number of carboxylic acid groups (broad SMARTS) is 1. The molecule has 4 heterocycles. The summed E-state index contributed by atoms with van der Waals surface area (Å²) in [7, 11) is 0. The van der Waals surface area contributed by atoms with Gasteiger partial charge in [-0.05, 0) is 42.5 Å². The highest BCUT2D eigenvalue weighted by atomic mass is 32.1. The number of hydrogen-bond donors (Lipinski definition) is 3. The van der Waals surface area contributed by atoms with Gasteiger partial charge in [0.2, 0.25) is 0 Å². The van der Waals surface area contributed by atoms with E-state index < -0.39 is 23.7 Å². The number of aryl methyl sites for hydroxylation is 2. The number of carbonyl (C=O) groups is 1. The van der Waals surface area contributed by atoms with Gasteiger partial charge < -0.3 is 20.2 Å². The number of pyridine rings is 1. The molecule has 0 aliphatic carbocycles. The molecule has 0 unspecified atom stereocenters. The van der Waals surface area contributed by atoms with Gasteiger partial charge in [0.25, 0.3) is 5.56 Å². The standard InChI is InChI=1S/C24H28N4O5S/c1-14(2)17-13-34-21(25-17)5-3-15-7-10-28-20(11-15)26-23(16(24(28)33)4-6-22(31)32)27-9-8-18(29)19(30)12-27/h4,6-7,10-11,13-14,18-19,29-30H,3,5,8-9,12H2,1-2H3,(H,31,32)/t18-,19+/m0/s1. The van der Waals surface area contributed by atoms with E-state index in [1.54, 1.807) is 22.4 Å². The van der Waals surface area contributed by atoms with Crippen molar-refractivity contribution in [3.05, 3.63) is 62.0 Å². The molecule has 3 aromatic heterocycles. The number of piperidine rings is 1. The number of nitrogens with zero attached hydrogens (tertiary/aromatic N) is 4. The highest BCUT2D eigenvalue weighted by Crippen LogP contribution is 2.24. The zero-order valence-electron chi connectivity index (χ0n) is 19.1. The summed E-state index contributed by atoms with van der Waals surface area (Å²) >= 11 is 1.65. The maximum Gasteiger partial charge on any atom is 0.328 e. The molecular weight excluding hydrogens is 456 g/mol. The summed E-state index contributed by atoms with van der Waals surface area (Å²) in [4.78, 5) is 35.4. The molecule has 4 rings (SSSR count). The molecule has 1 aliphatic rings. The van der Waals surface area contributed by atoms with Crippen LogP contribution in [0.2, 0.25) is 0 Å². The Morgan fingerprint density at radius 3 is 2.74 bits per heavy atom. The van der Waals surface area contributed by atoms with Crippen molar-refractivity contribution in [3.63, 3.8) is 0 Å². The molecule has 2 atom stereocenters. The molecule has 1 aliphatic heterocycles. The molecule has 0 saturated carbocycles. The fraction of sp³-hybridized carbons (Fsp3) is 0.417. The van der Waals surface area contributed by atoms with Gasteiger partial charge in [-0.25, -0.2) is 14.8 Å². The van der Waals surface area contributed by atoms with Crippen LogP contribution in [0.3, 0.4) is 0 Å². The second-order valence-corrected chi connectivity index (χ2v) is 9.72. The number of thiazole rings is 1. The van der Waals surface area contributed by atoms with Crippen molar-refractivity contribution in [2.75, 3.05) is 18.0 Å². The Bertz CT molecular complexity index is 1280. The van der Waals surface area contributed by atoms with Gasteiger partial charge in [0.05, 0.1) is 28.5 Å². The van der Waals surface area contributed by atoms with E-state index >= 15 is 0 Å². The summed E-state index contributed by atoms with van der Waals surface area (Å²) in [6, 6.07) is 3.71. The minimum Gasteiger partial charge on any atom is -0.478 e. The van der Waals surface area contributed by atoms with Crippen LogP contribution in [0, 0.1) is 0 Å². The van der Waals surface area contributed by atoms with Gasteiger partial charge in [-0.3, -0.25) is 9.20 Å². The number of rotatable bonds is 7. The van der Waals surface area contributed by atoms with Crippen LogP contribution in [0.25, 0.3) is 11.7 Å². The molecule has 34 heavy (non-hydrogen) atoms. The van der Waals surface area contributed by atoms with E-state index in [2.05, 4.69) is 29.2 Å². The lowest BCUT2D eigenvalue weighted by Gasteiger charge is -2.34. The summed E-state index contributed by atoms with van der Waals surface area (Å²) in [6.45, 7) is 4.71. The molecule has 0 bridgehead atoms. The normalized spacial score (nSPS) is 18.9. The van der Waals surface area contributed by atoms with Crippen LogP contribution in [0.15, 0.2) is 34.6 Å². The van der Waals surface area contributed by atoms with Crippen molar-refractivity contribution in [3.8, 4) is 0 Å². The number of aromatic nitrogens is 3. The molecule has 9 nitrogen and oxygen atoms in total. The fourth-order valence-corrected chi connectivity index (χ4v) is 4.91. The lowest BCUT2D eigenvalue weighted by atomic mass is 10.0. The molecule has 0 spiro atoms. The number of anilines is 1. The Labute approximate surface area is 200 Å². The third-order valence-corrected chi connectivity index (χ3v) is 6.86. The first-order valence-corrected chi connectivity index (χ1v) is 12.1. The average molecular weight is 485 g/mol. The maximum atomic E-state index is 13.2. The zero-order chi connectivity index (χ0) is 24.4. The largest absolute Gasteiger partial charge is 0.478 e. The van der Waals surface area contributed by atoms with Gasteiger partial charge in [-0.1, -0.05) is 13.8 Å². The van der Waals surface area contributed by atoms with Gasteiger partial charge >= 0.3 is 5.97 Å². The molecule has 3 N–H and O–H groups in total. The van der Waals surface area contributed by atoms with Gasteiger partial charge in [0.15, 0.2) is 0 Å². The predicted molar refractivity (Wildman–Crippen MR) is 131 cm³/mol. The molecule has 1 saturated heterocycles. The molecular formula is C24H28N4O5S. The Kier molecular flexibility index (Phi) is 7.11. The highest BCUT2D eigenvalue weighted by Gasteiger charge is 2.28. The summed E-state index contributed by atoms with van der Waals surface area (Å²) in [5, 5.41) is 32.2. The fourth-order valence-electron chi connectivity index (χ4n) is 3.95. The Morgan fingerprint density at radius 1 is 1.26 bits per heavy atom. The van der Waals surface area contributed by atoms with Crippen LogP contribution < -0.4 is 10.5 Å².